The van der Waals surface area contributed by atoms with Gasteiger partial charge in [-0.2, -0.15) is 0 Å². The van der Waals surface area contributed by atoms with Crippen LogP contribution in [0.5, 0.6) is 0 Å². The number of nitrogens with two attached hydrogens (primary N) is 1. The Balaban J connectivity index is 2.30. The third-order valence-electron chi connectivity index (χ3n) is 3.88. The minimum atomic E-state index is -0.413. The first-order valence-electron chi connectivity index (χ1n) is 6.05. The zero-order valence-corrected chi connectivity index (χ0v) is 10.5. The molecule has 0 unspecified atom stereocenters. The van der Waals surface area contributed by atoms with E-state index in [1.807, 2.05) is 13.0 Å². The zero-order chi connectivity index (χ0) is 12.6. The van der Waals surface area contributed by atoms with Crippen LogP contribution in [0.3, 0.4) is 0 Å². The average Bonchev–Trinajstić information content (AvgIpc) is 2.32. The highest BCUT2D eigenvalue weighted by molar-refractivity contribution is 5.45. The molecule has 17 heavy (non-hydrogen) atoms. The first-order valence-corrected chi connectivity index (χ1v) is 6.05. The molecule has 94 valence electrons. The fraction of sp³-hybridized carbons (Fsp3) is 0.615. The monoisotopic (exact) mass is 236 g/mol. The molecule has 0 radical (unpaired) electrons. The molecule has 2 rings (SSSR count). The maximum atomic E-state index is 9.98. The van der Waals surface area contributed by atoms with Gasteiger partial charge in [0, 0.05) is 11.8 Å². The molecule has 1 aliphatic heterocycles. The van der Waals surface area contributed by atoms with Crippen LogP contribution >= 0.6 is 0 Å². The van der Waals surface area contributed by atoms with Crippen molar-refractivity contribution in [1.29, 1.82) is 0 Å². The number of rotatable bonds is 1. The molecule has 1 aromatic rings. The van der Waals surface area contributed by atoms with Gasteiger partial charge in [-0.1, -0.05) is 13.8 Å². The Morgan fingerprint density at radius 1 is 1.29 bits per heavy atom. The number of aliphatic hydroxyl groups is 1. The van der Waals surface area contributed by atoms with Gasteiger partial charge in [0.2, 0.25) is 0 Å². The van der Waals surface area contributed by atoms with E-state index in [1.54, 1.807) is 12.4 Å². The van der Waals surface area contributed by atoms with Gasteiger partial charge in [0.05, 0.1) is 30.2 Å². The molecule has 4 heteroatoms. The maximum absolute atomic E-state index is 9.98. The topological polar surface area (TPSA) is 68.4 Å². The summed E-state index contributed by atoms with van der Waals surface area (Å²) in [4.78, 5) is 3.99. The minimum Gasteiger partial charge on any atom is -0.397 e. The maximum Gasteiger partial charge on any atom is 0.0879 e. The predicted octanol–water partition coefficient (Wildman–Crippen LogP) is 1.76. The van der Waals surface area contributed by atoms with Crippen molar-refractivity contribution in [3.63, 3.8) is 0 Å². The standard InChI is InChI=1S/C13H20N2O2/c1-7-8(2)13(17-9(3)12(7)16)10-4-5-15-6-11(10)14/h4-9,12-13,16H,14H2,1-3H3/t7-,8+,9-,12+,13-/m1/s1. The average molecular weight is 236 g/mol. The lowest BCUT2D eigenvalue weighted by Crippen LogP contribution is -2.44. The molecular weight excluding hydrogens is 216 g/mol. The lowest BCUT2D eigenvalue weighted by Gasteiger charge is -2.42. The van der Waals surface area contributed by atoms with Crippen molar-refractivity contribution in [2.75, 3.05) is 5.73 Å². The normalized spacial score (nSPS) is 38.0. The highest BCUT2D eigenvalue weighted by Crippen LogP contribution is 2.41. The third-order valence-corrected chi connectivity index (χ3v) is 3.88. The van der Waals surface area contributed by atoms with Crippen LogP contribution < -0.4 is 5.73 Å². The first kappa shape index (κ1) is 12.3. The second kappa shape index (κ2) is 4.63. The van der Waals surface area contributed by atoms with Crippen LogP contribution in [-0.2, 0) is 4.74 Å². The van der Waals surface area contributed by atoms with Crippen LogP contribution in [0.2, 0.25) is 0 Å². The SMILES string of the molecule is C[C@@H]1[C@H](C)[C@H](c2ccncc2N)O[C@H](C)[C@H]1O. The number of ether oxygens (including phenoxy) is 1. The number of nitrogen functional groups attached to an aromatic ring is 1. The van der Waals surface area contributed by atoms with Gasteiger partial charge in [-0.25, -0.2) is 0 Å². The quantitative estimate of drug-likeness (QED) is 0.779. The van der Waals surface area contributed by atoms with E-state index in [0.717, 1.165) is 5.56 Å². The summed E-state index contributed by atoms with van der Waals surface area (Å²) in [5.74, 6) is 0.419. The number of nitrogens with zero attached hydrogens (tertiary/aromatic N) is 1. The lowest BCUT2D eigenvalue weighted by molar-refractivity contribution is -0.163. The molecular formula is C13H20N2O2. The van der Waals surface area contributed by atoms with E-state index in [2.05, 4.69) is 18.8 Å². The molecule has 0 aromatic carbocycles. The molecule has 1 fully saturated rings. The van der Waals surface area contributed by atoms with E-state index in [1.165, 1.54) is 0 Å². The van der Waals surface area contributed by atoms with Crippen LogP contribution in [0.25, 0.3) is 0 Å². The van der Waals surface area contributed by atoms with Crippen LogP contribution in [0, 0.1) is 11.8 Å². The predicted molar refractivity (Wildman–Crippen MR) is 66.3 cm³/mol. The zero-order valence-electron chi connectivity index (χ0n) is 10.5. The molecule has 0 spiro atoms. The molecule has 0 saturated carbocycles. The van der Waals surface area contributed by atoms with Gasteiger partial charge in [0.1, 0.15) is 0 Å². The van der Waals surface area contributed by atoms with Crippen molar-refractivity contribution >= 4 is 5.69 Å². The molecule has 0 amide bonds. The van der Waals surface area contributed by atoms with Gasteiger partial charge in [-0.3, -0.25) is 4.98 Å². The van der Waals surface area contributed by atoms with E-state index in [4.69, 9.17) is 10.5 Å². The molecule has 0 aliphatic carbocycles. The third kappa shape index (κ3) is 2.15. The summed E-state index contributed by atoms with van der Waals surface area (Å²) in [5.41, 5.74) is 7.56. The Labute approximate surface area is 102 Å². The molecule has 1 aromatic heterocycles. The molecule has 5 atom stereocenters. The van der Waals surface area contributed by atoms with Crippen LogP contribution in [-0.4, -0.2) is 22.3 Å². The summed E-state index contributed by atoms with van der Waals surface area (Å²) in [6.45, 7) is 6.04. The highest BCUT2D eigenvalue weighted by atomic mass is 16.5. The molecule has 3 N–H and O–H groups in total. The van der Waals surface area contributed by atoms with Gasteiger partial charge in [0.15, 0.2) is 0 Å². The molecule has 2 heterocycles. The van der Waals surface area contributed by atoms with E-state index in [-0.39, 0.29) is 24.0 Å². The summed E-state index contributed by atoms with van der Waals surface area (Å²) in [7, 11) is 0. The van der Waals surface area contributed by atoms with Crippen molar-refractivity contribution in [1.82, 2.24) is 4.98 Å². The number of aliphatic hydroxyl groups excluding tert-OH is 1. The smallest absolute Gasteiger partial charge is 0.0879 e. The molecule has 4 nitrogen and oxygen atoms in total. The van der Waals surface area contributed by atoms with Crippen LogP contribution in [0.1, 0.15) is 32.4 Å². The number of aromatic nitrogens is 1. The second-order valence-electron chi connectivity index (χ2n) is 4.98. The number of anilines is 1. The van der Waals surface area contributed by atoms with Gasteiger partial charge in [-0.15, -0.1) is 0 Å². The number of hydrogen-bond acceptors (Lipinski definition) is 4. The van der Waals surface area contributed by atoms with Crippen molar-refractivity contribution in [3.05, 3.63) is 24.0 Å². The Morgan fingerprint density at radius 2 is 2.00 bits per heavy atom. The van der Waals surface area contributed by atoms with Crippen molar-refractivity contribution < 1.29 is 9.84 Å². The van der Waals surface area contributed by atoms with Crippen molar-refractivity contribution in [3.8, 4) is 0 Å². The summed E-state index contributed by atoms with van der Waals surface area (Å²) < 4.78 is 5.89. The van der Waals surface area contributed by atoms with Gasteiger partial charge in [0.25, 0.3) is 0 Å². The van der Waals surface area contributed by atoms with E-state index in [9.17, 15) is 5.11 Å². The number of pyridine rings is 1. The van der Waals surface area contributed by atoms with Gasteiger partial charge < -0.3 is 15.6 Å². The summed E-state index contributed by atoms with van der Waals surface area (Å²) in [6.07, 6.45) is 2.72. The molecule has 1 aliphatic rings. The second-order valence-corrected chi connectivity index (χ2v) is 4.98. The first-order chi connectivity index (χ1) is 8.02. The summed E-state index contributed by atoms with van der Waals surface area (Å²) >= 11 is 0. The lowest BCUT2D eigenvalue weighted by atomic mass is 9.79. The van der Waals surface area contributed by atoms with E-state index < -0.39 is 6.10 Å². The fourth-order valence-electron chi connectivity index (χ4n) is 2.48. The Morgan fingerprint density at radius 3 is 2.65 bits per heavy atom. The van der Waals surface area contributed by atoms with E-state index >= 15 is 0 Å². The Hall–Kier alpha value is -1.13. The minimum absolute atomic E-state index is 0.0635. The fourth-order valence-corrected chi connectivity index (χ4v) is 2.48. The van der Waals surface area contributed by atoms with Crippen molar-refractivity contribution in [2.24, 2.45) is 11.8 Å². The molecule has 1 saturated heterocycles. The van der Waals surface area contributed by atoms with Gasteiger partial charge >= 0.3 is 0 Å². The van der Waals surface area contributed by atoms with Crippen LogP contribution in [0.4, 0.5) is 5.69 Å². The summed E-state index contributed by atoms with van der Waals surface area (Å²) in [6, 6.07) is 1.90. The highest BCUT2D eigenvalue weighted by Gasteiger charge is 2.39. The van der Waals surface area contributed by atoms with E-state index in [0.29, 0.717) is 5.69 Å². The Kier molecular flexibility index (Phi) is 3.35. The largest absolute Gasteiger partial charge is 0.397 e. The molecule has 0 bridgehead atoms. The van der Waals surface area contributed by atoms with Gasteiger partial charge in [-0.05, 0) is 24.8 Å². The van der Waals surface area contributed by atoms with Crippen molar-refractivity contribution in [2.45, 2.75) is 39.1 Å². The Bertz CT molecular complexity index is 397. The summed E-state index contributed by atoms with van der Waals surface area (Å²) in [5, 5.41) is 9.98. The number of hydrogen-bond donors (Lipinski definition) is 2. The van der Waals surface area contributed by atoms with Crippen LogP contribution in [0.15, 0.2) is 18.5 Å².